The zero-order valence-electron chi connectivity index (χ0n) is 10.3. The molecule has 0 bridgehead atoms. The van der Waals surface area contributed by atoms with Gasteiger partial charge in [-0.25, -0.2) is 0 Å². The van der Waals surface area contributed by atoms with Crippen molar-refractivity contribution < 1.29 is 0 Å². The maximum absolute atomic E-state index is 6.25. The predicted molar refractivity (Wildman–Crippen MR) is 81.7 cm³/mol. The number of rotatable bonds is 2. The minimum absolute atomic E-state index is 0.414. The van der Waals surface area contributed by atoms with E-state index < -0.39 is 0 Å². The highest BCUT2D eigenvalue weighted by Crippen LogP contribution is 2.38. The lowest BCUT2D eigenvalue weighted by atomic mass is 10.0. The van der Waals surface area contributed by atoms with Crippen LogP contribution >= 0.6 is 23.2 Å². The number of aromatic nitrogens is 3. The van der Waals surface area contributed by atoms with E-state index in [0.717, 1.165) is 22.4 Å². The summed E-state index contributed by atoms with van der Waals surface area (Å²) in [5, 5.41) is 8.12. The molecule has 0 radical (unpaired) electrons. The van der Waals surface area contributed by atoms with Crippen LogP contribution in [0.2, 0.25) is 10.0 Å². The number of nitrogens with zero attached hydrogens (tertiary/aromatic N) is 2. The Morgan fingerprint density at radius 3 is 2.50 bits per heavy atom. The van der Waals surface area contributed by atoms with Gasteiger partial charge in [0.25, 0.3) is 0 Å². The fourth-order valence-electron chi connectivity index (χ4n) is 2.05. The normalized spacial score (nSPS) is 10.7. The van der Waals surface area contributed by atoms with Crippen LogP contribution in [-0.4, -0.2) is 15.2 Å². The van der Waals surface area contributed by atoms with Gasteiger partial charge in [0.2, 0.25) is 0 Å². The van der Waals surface area contributed by atoms with Gasteiger partial charge in [-0.15, -0.1) is 0 Å². The summed E-state index contributed by atoms with van der Waals surface area (Å²) in [6.45, 7) is 0. The summed E-state index contributed by atoms with van der Waals surface area (Å²) in [7, 11) is 0. The monoisotopic (exact) mass is 304 g/mol. The van der Waals surface area contributed by atoms with Gasteiger partial charge in [-0.3, -0.25) is 10.1 Å². The van der Waals surface area contributed by atoms with E-state index in [1.807, 2.05) is 18.2 Å². The molecule has 0 atom stereocenters. The first-order valence-electron chi connectivity index (χ1n) is 5.86. The van der Waals surface area contributed by atoms with Crippen LogP contribution in [0.1, 0.15) is 0 Å². The van der Waals surface area contributed by atoms with Crippen molar-refractivity contribution in [3.8, 4) is 22.4 Å². The molecule has 1 aromatic carbocycles. The fraction of sp³-hybridized carbons (Fsp3) is 0. The van der Waals surface area contributed by atoms with Gasteiger partial charge in [0.1, 0.15) is 0 Å². The topological polar surface area (TPSA) is 67.6 Å². The van der Waals surface area contributed by atoms with Gasteiger partial charge in [-0.1, -0.05) is 23.2 Å². The molecule has 3 aromatic rings. The number of hydrogen-bond donors (Lipinski definition) is 2. The Hall–Kier alpha value is -2.04. The van der Waals surface area contributed by atoms with Crippen molar-refractivity contribution in [2.24, 2.45) is 0 Å². The van der Waals surface area contributed by atoms with Crippen LogP contribution in [0.3, 0.4) is 0 Å². The minimum atomic E-state index is 0.414. The van der Waals surface area contributed by atoms with Gasteiger partial charge in [0.15, 0.2) is 5.82 Å². The maximum atomic E-state index is 6.25. The van der Waals surface area contributed by atoms with E-state index in [-0.39, 0.29) is 0 Å². The van der Waals surface area contributed by atoms with E-state index in [1.165, 1.54) is 0 Å². The molecule has 0 saturated carbocycles. The molecule has 0 aliphatic rings. The van der Waals surface area contributed by atoms with Crippen LogP contribution in [0.15, 0.2) is 42.7 Å². The molecule has 3 N–H and O–H groups in total. The first-order valence-corrected chi connectivity index (χ1v) is 6.62. The molecule has 0 fully saturated rings. The van der Waals surface area contributed by atoms with Crippen molar-refractivity contribution in [2.45, 2.75) is 0 Å². The highest BCUT2D eigenvalue weighted by atomic mass is 35.5. The lowest BCUT2D eigenvalue weighted by Gasteiger charge is -2.06. The van der Waals surface area contributed by atoms with E-state index in [4.69, 9.17) is 28.9 Å². The van der Waals surface area contributed by atoms with Crippen molar-refractivity contribution >= 4 is 29.0 Å². The molecule has 0 aliphatic carbocycles. The Balaban J connectivity index is 2.21. The predicted octanol–water partition coefficient (Wildman–Crippen LogP) is 4.03. The molecule has 6 heteroatoms. The molecular formula is C14H10Cl2N4. The molecule has 20 heavy (non-hydrogen) atoms. The molecule has 4 nitrogen and oxygen atoms in total. The van der Waals surface area contributed by atoms with E-state index in [2.05, 4.69) is 15.2 Å². The second kappa shape index (κ2) is 5.15. The third kappa shape index (κ3) is 2.24. The van der Waals surface area contributed by atoms with Crippen molar-refractivity contribution in [1.29, 1.82) is 0 Å². The number of pyridine rings is 1. The lowest BCUT2D eigenvalue weighted by molar-refractivity contribution is 1.10. The zero-order valence-corrected chi connectivity index (χ0v) is 11.8. The molecule has 0 aliphatic heterocycles. The standard InChI is InChI=1S/C14H10Cl2N4/c15-9-1-2-10(11(16)7-9)13-12(14(17)20-19-13)8-3-5-18-6-4-8/h1-7H,(H3,17,19,20). The summed E-state index contributed by atoms with van der Waals surface area (Å²) in [5.74, 6) is 0.414. The second-order valence-corrected chi connectivity index (χ2v) is 5.06. The van der Waals surface area contributed by atoms with E-state index in [9.17, 15) is 0 Å². The zero-order chi connectivity index (χ0) is 14.1. The largest absolute Gasteiger partial charge is 0.382 e. The van der Waals surface area contributed by atoms with Crippen molar-refractivity contribution in [1.82, 2.24) is 15.2 Å². The third-order valence-corrected chi connectivity index (χ3v) is 3.51. The first kappa shape index (κ1) is 13.0. The van der Waals surface area contributed by atoms with E-state index in [1.54, 1.807) is 24.5 Å². The molecular weight excluding hydrogens is 295 g/mol. The van der Waals surface area contributed by atoms with E-state index in [0.29, 0.717) is 15.9 Å². The summed E-state index contributed by atoms with van der Waals surface area (Å²) >= 11 is 12.2. The van der Waals surface area contributed by atoms with Crippen LogP contribution in [0.5, 0.6) is 0 Å². The van der Waals surface area contributed by atoms with Crippen LogP contribution in [0, 0.1) is 0 Å². The van der Waals surface area contributed by atoms with Gasteiger partial charge in [-0.05, 0) is 35.9 Å². The molecule has 3 rings (SSSR count). The lowest BCUT2D eigenvalue weighted by Crippen LogP contribution is -1.89. The Morgan fingerprint density at radius 1 is 1.05 bits per heavy atom. The molecule has 2 aromatic heterocycles. The highest BCUT2D eigenvalue weighted by Gasteiger charge is 2.16. The Kier molecular flexibility index (Phi) is 3.34. The molecule has 0 unspecified atom stereocenters. The summed E-state index contributed by atoms with van der Waals surface area (Å²) in [5.41, 5.74) is 9.24. The number of aromatic amines is 1. The SMILES string of the molecule is Nc1n[nH]c(-c2ccc(Cl)cc2Cl)c1-c1ccncc1. The number of benzene rings is 1. The second-order valence-electron chi connectivity index (χ2n) is 4.22. The van der Waals surface area contributed by atoms with Crippen LogP contribution in [-0.2, 0) is 0 Å². The number of H-pyrrole nitrogens is 1. The molecule has 0 spiro atoms. The van der Waals surface area contributed by atoms with Crippen LogP contribution < -0.4 is 5.73 Å². The van der Waals surface area contributed by atoms with Gasteiger partial charge in [0, 0.05) is 23.0 Å². The molecule has 0 saturated heterocycles. The first-order chi connectivity index (χ1) is 9.66. The van der Waals surface area contributed by atoms with Gasteiger partial charge >= 0.3 is 0 Å². The maximum Gasteiger partial charge on any atom is 0.153 e. The minimum Gasteiger partial charge on any atom is -0.382 e. The number of hydrogen-bond acceptors (Lipinski definition) is 3. The summed E-state index contributed by atoms with van der Waals surface area (Å²) in [6.07, 6.45) is 3.41. The summed E-state index contributed by atoms with van der Waals surface area (Å²) < 4.78 is 0. The number of anilines is 1. The van der Waals surface area contributed by atoms with Crippen molar-refractivity contribution in [3.05, 3.63) is 52.8 Å². The van der Waals surface area contributed by atoms with Gasteiger partial charge in [-0.2, -0.15) is 5.10 Å². The molecule has 100 valence electrons. The van der Waals surface area contributed by atoms with Crippen LogP contribution in [0.4, 0.5) is 5.82 Å². The molecule has 0 amide bonds. The fourth-order valence-corrected chi connectivity index (χ4v) is 2.56. The highest BCUT2D eigenvalue weighted by molar-refractivity contribution is 6.36. The van der Waals surface area contributed by atoms with Crippen molar-refractivity contribution in [2.75, 3.05) is 5.73 Å². The number of nitrogen functional groups attached to an aromatic ring is 1. The number of nitrogens with one attached hydrogen (secondary N) is 1. The smallest absolute Gasteiger partial charge is 0.153 e. The third-order valence-electron chi connectivity index (χ3n) is 2.96. The quantitative estimate of drug-likeness (QED) is 0.751. The van der Waals surface area contributed by atoms with Crippen LogP contribution in [0.25, 0.3) is 22.4 Å². The summed E-state index contributed by atoms with van der Waals surface area (Å²) in [6, 6.07) is 9.04. The molecule has 2 heterocycles. The summed E-state index contributed by atoms with van der Waals surface area (Å²) in [4.78, 5) is 4.00. The average molecular weight is 305 g/mol. The van der Waals surface area contributed by atoms with Gasteiger partial charge in [0.05, 0.1) is 16.3 Å². The Morgan fingerprint density at radius 2 is 1.80 bits per heavy atom. The Bertz CT molecular complexity index is 753. The van der Waals surface area contributed by atoms with E-state index >= 15 is 0 Å². The average Bonchev–Trinajstić information content (AvgIpc) is 2.81. The van der Waals surface area contributed by atoms with Gasteiger partial charge < -0.3 is 5.73 Å². The van der Waals surface area contributed by atoms with Crippen molar-refractivity contribution in [3.63, 3.8) is 0 Å². The Labute approximate surface area is 125 Å². The number of halogens is 2. The number of nitrogens with two attached hydrogens (primary N) is 1.